The second-order valence-corrected chi connectivity index (χ2v) is 6.14. The first-order valence-electron chi connectivity index (χ1n) is 8.27. The van der Waals surface area contributed by atoms with Gasteiger partial charge in [-0.1, -0.05) is 6.92 Å². The predicted octanol–water partition coefficient (Wildman–Crippen LogP) is 2.04. The molecule has 0 aromatic rings. The SMILES string of the molecule is CCNC1(C(=O)OC)CCCC(OCC2CCCCO2)C1. The Labute approximate surface area is 127 Å². The van der Waals surface area contributed by atoms with Gasteiger partial charge in [-0.2, -0.15) is 0 Å². The van der Waals surface area contributed by atoms with Gasteiger partial charge >= 0.3 is 5.97 Å². The molecule has 0 radical (unpaired) electrons. The topological polar surface area (TPSA) is 56.8 Å². The Balaban J connectivity index is 1.87. The first-order chi connectivity index (χ1) is 10.2. The smallest absolute Gasteiger partial charge is 0.326 e. The van der Waals surface area contributed by atoms with Crippen LogP contribution in [0.15, 0.2) is 0 Å². The third-order valence-corrected chi connectivity index (χ3v) is 4.59. The molecule has 0 bridgehead atoms. The molecule has 3 unspecified atom stereocenters. The van der Waals surface area contributed by atoms with Gasteiger partial charge in [0, 0.05) is 13.0 Å². The summed E-state index contributed by atoms with van der Waals surface area (Å²) in [6.45, 7) is 4.27. The quantitative estimate of drug-likeness (QED) is 0.761. The molecule has 0 amide bonds. The summed E-state index contributed by atoms with van der Waals surface area (Å²) in [7, 11) is 1.46. The van der Waals surface area contributed by atoms with Crippen molar-refractivity contribution >= 4 is 5.97 Å². The summed E-state index contributed by atoms with van der Waals surface area (Å²) in [5, 5.41) is 3.33. The van der Waals surface area contributed by atoms with Gasteiger partial charge in [-0.25, -0.2) is 0 Å². The summed E-state index contributed by atoms with van der Waals surface area (Å²) in [4.78, 5) is 12.2. The first-order valence-corrected chi connectivity index (χ1v) is 8.27. The van der Waals surface area contributed by atoms with E-state index in [-0.39, 0.29) is 18.2 Å². The van der Waals surface area contributed by atoms with Gasteiger partial charge in [0.2, 0.25) is 0 Å². The highest BCUT2D eigenvalue weighted by Gasteiger charge is 2.43. The standard InChI is InChI=1S/C16H29NO4/c1-3-17-16(15(18)19-2)9-6-8-13(11-16)21-12-14-7-4-5-10-20-14/h13-14,17H,3-12H2,1-2H3. The van der Waals surface area contributed by atoms with Gasteiger partial charge in [-0.05, 0) is 45.1 Å². The van der Waals surface area contributed by atoms with Gasteiger partial charge in [-0.15, -0.1) is 0 Å². The van der Waals surface area contributed by atoms with Crippen molar-refractivity contribution in [1.29, 1.82) is 0 Å². The van der Waals surface area contributed by atoms with E-state index < -0.39 is 5.54 Å². The minimum Gasteiger partial charge on any atom is -0.468 e. The van der Waals surface area contributed by atoms with E-state index in [1.54, 1.807) is 0 Å². The van der Waals surface area contributed by atoms with Crippen LogP contribution in [0.2, 0.25) is 0 Å². The van der Waals surface area contributed by atoms with Crippen LogP contribution in [-0.4, -0.2) is 50.6 Å². The number of methoxy groups -OCH3 is 1. The van der Waals surface area contributed by atoms with Crippen LogP contribution in [0.1, 0.15) is 51.9 Å². The molecular formula is C16H29NO4. The fourth-order valence-electron chi connectivity index (χ4n) is 3.50. The normalized spacial score (nSPS) is 33.6. The molecule has 1 saturated heterocycles. The molecule has 5 heteroatoms. The maximum atomic E-state index is 12.2. The number of ether oxygens (including phenoxy) is 3. The van der Waals surface area contributed by atoms with Crippen molar-refractivity contribution in [3.05, 3.63) is 0 Å². The zero-order chi connectivity index (χ0) is 15.1. The average molecular weight is 299 g/mol. The number of carbonyl (C=O) groups is 1. The van der Waals surface area contributed by atoms with Gasteiger partial charge in [-0.3, -0.25) is 4.79 Å². The molecule has 2 fully saturated rings. The highest BCUT2D eigenvalue weighted by atomic mass is 16.5. The third-order valence-electron chi connectivity index (χ3n) is 4.59. The van der Waals surface area contributed by atoms with Crippen LogP contribution in [0.5, 0.6) is 0 Å². The van der Waals surface area contributed by atoms with Crippen molar-refractivity contribution in [2.24, 2.45) is 0 Å². The Hall–Kier alpha value is -0.650. The minimum absolute atomic E-state index is 0.113. The lowest BCUT2D eigenvalue weighted by Gasteiger charge is -2.39. The molecule has 0 aromatic carbocycles. The second-order valence-electron chi connectivity index (χ2n) is 6.14. The van der Waals surface area contributed by atoms with Gasteiger partial charge in [0.15, 0.2) is 0 Å². The van der Waals surface area contributed by atoms with Crippen LogP contribution in [0.4, 0.5) is 0 Å². The Bertz CT molecular complexity index is 326. The predicted molar refractivity (Wildman–Crippen MR) is 80.2 cm³/mol. The molecule has 1 saturated carbocycles. The lowest BCUT2D eigenvalue weighted by atomic mass is 9.80. The van der Waals surface area contributed by atoms with E-state index in [0.29, 0.717) is 13.0 Å². The molecule has 21 heavy (non-hydrogen) atoms. The molecule has 1 N–H and O–H groups in total. The van der Waals surface area contributed by atoms with E-state index >= 15 is 0 Å². The summed E-state index contributed by atoms with van der Waals surface area (Å²) >= 11 is 0. The fourth-order valence-corrected chi connectivity index (χ4v) is 3.50. The van der Waals surface area contributed by atoms with Crippen molar-refractivity contribution in [1.82, 2.24) is 5.32 Å². The van der Waals surface area contributed by atoms with Crippen LogP contribution in [-0.2, 0) is 19.0 Å². The van der Waals surface area contributed by atoms with E-state index in [0.717, 1.165) is 45.3 Å². The Morgan fingerprint density at radius 3 is 2.86 bits per heavy atom. The summed E-state index contributed by atoms with van der Waals surface area (Å²) in [6, 6.07) is 0. The Kier molecular flexibility index (Phi) is 6.45. The molecule has 3 atom stereocenters. The van der Waals surface area contributed by atoms with Crippen molar-refractivity contribution in [2.45, 2.75) is 69.6 Å². The van der Waals surface area contributed by atoms with E-state index in [1.165, 1.54) is 13.5 Å². The van der Waals surface area contributed by atoms with Crippen molar-refractivity contribution in [2.75, 3.05) is 26.9 Å². The molecule has 0 spiro atoms. The van der Waals surface area contributed by atoms with Crippen LogP contribution in [0.25, 0.3) is 0 Å². The molecular weight excluding hydrogens is 270 g/mol. The minimum atomic E-state index is -0.570. The fraction of sp³-hybridized carbons (Fsp3) is 0.938. The van der Waals surface area contributed by atoms with Crippen LogP contribution >= 0.6 is 0 Å². The average Bonchev–Trinajstić information content (AvgIpc) is 2.54. The molecule has 5 nitrogen and oxygen atoms in total. The van der Waals surface area contributed by atoms with Crippen LogP contribution in [0.3, 0.4) is 0 Å². The molecule has 1 aliphatic carbocycles. The largest absolute Gasteiger partial charge is 0.468 e. The summed E-state index contributed by atoms with van der Waals surface area (Å²) in [5.41, 5.74) is -0.570. The van der Waals surface area contributed by atoms with Crippen LogP contribution in [0, 0.1) is 0 Å². The van der Waals surface area contributed by atoms with Gasteiger partial charge in [0.1, 0.15) is 5.54 Å². The summed E-state index contributed by atoms with van der Waals surface area (Å²) in [6.07, 6.45) is 7.33. The van der Waals surface area contributed by atoms with Gasteiger partial charge < -0.3 is 19.5 Å². The number of carbonyl (C=O) groups excluding carboxylic acids is 1. The van der Waals surface area contributed by atoms with E-state index in [4.69, 9.17) is 14.2 Å². The van der Waals surface area contributed by atoms with Crippen molar-refractivity contribution in [3.63, 3.8) is 0 Å². The van der Waals surface area contributed by atoms with Gasteiger partial charge in [0.25, 0.3) is 0 Å². The third kappa shape index (κ3) is 4.41. The highest BCUT2D eigenvalue weighted by Crippen LogP contribution is 2.31. The number of esters is 1. The first kappa shape index (κ1) is 16.7. The van der Waals surface area contributed by atoms with Gasteiger partial charge in [0.05, 0.1) is 25.9 Å². The second kappa shape index (κ2) is 8.11. The Morgan fingerprint density at radius 2 is 2.19 bits per heavy atom. The Morgan fingerprint density at radius 1 is 1.33 bits per heavy atom. The monoisotopic (exact) mass is 299 g/mol. The number of likely N-dealkylation sites (N-methyl/N-ethyl adjacent to an activating group) is 1. The lowest BCUT2D eigenvalue weighted by Crippen LogP contribution is -2.56. The highest BCUT2D eigenvalue weighted by molar-refractivity contribution is 5.81. The molecule has 2 rings (SSSR count). The lowest BCUT2D eigenvalue weighted by molar-refractivity contribution is -0.154. The van der Waals surface area contributed by atoms with E-state index in [9.17, 15) is 4.79 Å². The van der Waals surface area contributed by atoms with E-state index in [2.05, 4.69) is 5.32 Å². The zero-order valence-corrected chi connectivity index (χ0v) is 13.4. The molecule has 1 aliphatic heterocycles. The molecule has 122 valence electrons. The van der Waals surface area contributed by atoms with Crippen LogP contribution < -0.4 is 5.32 Å². The van der Waals surface area contributed by atoms with Crippen molar-refractivity contribution in [3.8, 4) is 0 Å². The van der Waals surface area contributed by atoms with Crippen molar-refractivity contribution < 1.29 is 19.0 Å². The number of hydrogen-bond donors (Lipinski definition) is 1. The molecule has 1 heterocycles. The number of hydrogen-bond acceptors (Lipinski definition) is 5. The number of nitrogens with one attached hydrogen (secondary N) is 1. The maximum Gasteiger partial charge on any atom is 0.326 e. The summed E-state index contributed by atoms with van der Waals surface area (Å²) < 4.78 is 16.8. The number of rotatable bonds is 6. The van der Waals surface area contributed by atoms with E-state index in [1.807, 2.05) is 6.92 Å². The molecule has 2 aliphatic rings. The zero-order valence-electron chi connectivity index (χ0n) is 13.4. The molecule has 0 aromatic heterocycles. The summed E-state index contributed by atoms with van der Waals surface area (Å²) in [5.74, 6) is -0.161. The maximum absolute atomic E-state index is 12.2.